The van der Waals surface area contributed by atoms with Crippen molar-refractivity contribution < 1.29 is 9.50 Å². The van der Waals surface area contributed by atoms with Crippen molar-refractivity contribution in [3.05, 3.63) is 29.6 Å². The number of nitrogens with two attached hydrogens (primary N) is 1. The first-order chi connectivity index (χ1) is 8.38. The van der Waals surface area contributed by atoms with Crippen LogP contribution >= 0.6 is 0 Å². The average molecular weight is 254 g/mol. The minimum Gasteiger partial charge on any atom is -0.505 e. The summed E-state index contributed by atoms with van der Waals surface area (Å²) in [6.07, 6.45) is 0. The molecule has 18 heavy (non-hydrogen) atoms. The van der Waals surface area contributed by atoms with Crippen molar-refractivity contribution in [3.8, 4) is 5.75 Å². The fourth-order valence-electron chi connectivity index (χ4n) is 1.86. The molecule has 4 heteroatoms. The molecule has 102 valence electrons. The third-order valence-electron chi connectivity index (χ3n) is 3.07. The highest BCUT2D eigenvalue weighted by Gasteiger charge is 2.19. The van der Waals surface area contributed by atoms with Gasteiger partial charge in [-0.15, -0.1) is 0 Å². The summed E-state index contributed by atoms with van der Waals surface area (Å²) in [6, 6.07) is 4.52. The van der Waals surface area contributed by atoms with E-state index in [0.717, 1.165) is 18.7 Å². The van der Waals surface area contributed by atoms with Crippen LogP contribution < -0.4 is 5.73 Å². The Kier molecular flexibility index (Phi) is 5.11. The predicted molar refractivity (Wildman–Crippen MR) is 71.9 cm³/mol. The molecule has 0 heterocycles. The van der Waals surface area contributed by atoms with E-state index in [4.69, 9.17) is 10.8 Å². The molecule has 0 spiro atoms. The fraction of sp³-hybridized carbons (Fsp3) is 0.571. The second kappa shape index (κ2) is 6.16. The van der Waals surface area contributed by atoms with Crippen LogP contribution in [0.15, 0.2) is 18.2 Å². The van der Waals surface area contributed by atoms with Gasteiger partial charge in [0, 0.05) is 13.1 Å². The molecule has 0 amide bonds. The Bertz CT molecular complexity index is 393. The summed E-state index contributed by atoms with van der Waals surface area (Å²) in [5, 5.41) is 9.15. The first-order valence-electron chi connectivity index (χ1n) is 6.28. The molecule has 3 N–H and O–H groups in total. The molecule has 0 aliphatic carbocycles. The highest BCUT2D eigenvalue weighted by atomic mass is 19.1. The van der Waals surface area contributed by atoms with E-state index in [-0.39, 0.29) is 11.2 Å². The van der Waals surface area contributed by atoms with Gasteiger partial charge in [-0.2, -0.15) is 0 Å². The quantitative estimate of drug-likeness (QED) is 0.819. The Morgan fingerprint density at radius 1 is 1.39 bits per heavy atom. The lowest BCUT2D eigenvalue weighted by molar-refractivity contribution is 0.183. The van der Waals surface area contributed by atoms with Gasteiger partial charge < -0.3 is 10.8 Å². The van der Waals surface area contributed by atoms with Crippen LogP contribution in [-0.4, -0.2) is 29.6 Å². The van der Waals surface area contributed by atoms with Gasteiger partial charge in [-0.3, -0.25) is 4.90 Å². The summed E-state index contributed by atoms with van der Waals surface area (Å²) in [7, 11) is 0. The topological polar surface area (TPSA) is 49.5 Å². The number of halogens is 1. The largest absolute Gasteiger partial charge is 0.505 e. The van der Waals surface area contributed by atoms with E-state index in [0.29, 0.717) is 13.1 Å². The molecule has 1 aromatic carbocycles. The SMILES string of the molecule is CCN(Cc1ccc(O)c(F)c1)CC(C)(C)CN. The lowest BCUT2D eigenvalue weighted by Gasteiger charge is -2.31. The van der Waals surface area contributed by atoms with E-state index in [2.05, 4.69) is 25.7 Å². The zero-order valence-corrected chi connectivity index (χ0v) is 11.4. The van der Waals surface area contributed by atoms with Crippen LogP contribution in [0.5, 0.6) is 5.75 Å². The lowest BCUT2D eigenvalue weighted by Crippen LogP contribution is -2.38. The summed E-state index contributed by atoms with van der Waals surface area (Å²) in [4.78, 5) is 2.22. The number of phenolic OH excluding ortho intramolecular Hbond substituents is 1. The molecular weight excluding hydrogens is 231 g/mol. The third-order valence-corrected chi connectivity index (χ3v) is 3.07. The van der Waals surface area contributed by atoms with Gasteiger partial charge in [0.1, 0.15) is 0 Å². The van der Waals surface area contributed by atoms with E-state index < -0.39 is 5.82 Å². The Balaban J connectivity index is 2.71. The standard InChI is InChI=1S/C14H23FN2O/c1-4-17(10-14(2,3)9-16)8-11-5-6-13(18)12(15)7-11/h5-7,18H,4,8-10,16H2,1-3H3. The van der Waals surface area contributed by atoms with Gasteiger partial charge in [-0.25, -0.2) is 4.39 Å². The lowest BCUT2D eigenvalue weighted by atomic mass is 9.93. The Labute approximate surface area is 108 Å². The van der Waals surface area contributed by atoms with E-state index in [1.807, 2.05) is 0 Å². The van der Waals surface area contributed by atoms with Gasteiger partial charge in [-0.05, 0) is 36.2 Å². The highest BCUT2D eigenvalue weighted by molar-refractivity contribution is 5.27. The molecule has 3 nitrogen and oxygen atoms in total. The molecule has 0 saturated heterocycles. The number of benzene rings is 1. The van der Waals surface area contributed by atoms with Crippen molar-refractivity contribution in [2.75, 3.05) is 19.6 Å². The molecule has 0 aliphatic heterocycles. The minimum atomic E-state index is -0.568. The van der Waals surface area contributed by atoms with Crippen molar-refractivity contribution in [2.24, 2.45) is 11.1 Å². The van der Waals surface area contributed by atoms with Crippen molar-refractivity contribution in [3.63, 3.8) is 0 Å². The molecule has 0 radical (unpaired) electrons. The molecule has 0 unspecified atom stereocenters. The third kappa shape index (κ3) is 4.27. The van der Waals surface area contributed by atoms with Crippen LogP contribution in [0.1, 0.15) is 26.3 Å². The normalized spacial score (nSPS) is 12.1. The van der Waals surface area contributed by atoms with E-state index in [1.165, 1.54) is 12.1 Å². The summed E-state index contributed by atoms with van der Waals surface area (Å²) in [5.74, 6) is -0.870. The summed E-state index contributed by atoms with van der Waals surface area (Å²) in [6.45, 7) is 9.34. The molecule has 1 aromatic rings. The van der Waals surface area contributed by atoms with Crippen molar-refractivity contribution in [1.29, 1.82) is 0 Å². The Hall–Kier alpha value is -1.13. The molecule has 1 rings (SSSR count). The summed E-state index contributed by atoms with van der Waals surface area (Å²) in [5.41, 5.74) is 6.64. The van der Waals surface area contributed by atoms with Crippen LogP contribution in [0.3, 0.4) is 0 Å². The predicted octanol–water partition coefficient (Wildman–Crippen LogP) is 2.34. The molecule has 0 atom stereocenters. The van der Waals surface area contributed by atoms with Crippen LogP contribution in [0.25, 0.3) is 0 Å². The van der Waals surface area contributed by atoms with Gasteiger partial charge in [0.05, 0.1) is 0 Å². The minimum absolute atomic E-state index is 0.0471. The van der Waals surface area contributed by atoms with E-state index in [1.54, 1.807) is 6.07 Å². The molecule has 0 saturated carbocycles. The summed E-state index contributed by atoms with van der Waals surface area (Å²) < 4.78 is 13.2. The monoisotopic (exact) mass is 254 g/mol. The van der Waals surface area contributed by atoms with Crippen LogP contribution in [0.4, 0.5) is 4.39 Å². The van der Waals surface area contributed by atoms with Crippen LogP contribution in [0.2, 0.25) is 0 Å². The number of aromatic hydroxyl groups is 1. The maximum Gasteiger partial charge on any atom is 0.165 e. The smallest absolute Gasteiger partial charge is 0.165 e. The van der Waals surface area contributed by atoms with Crippen molar-refractivity contribution >= 4 is 0 Å². The van der Waals surface area contributed by atoms with Gasteiger partial charge >= 0.3 is 0 Å². The van der Waals surface area contributed by atoms with Gasteiger partial charge in [-0.1, -0.05) is 26.8 Å². The fourth-order valence-corrected chi connectivity index (χ4v) is 1.86. The number of phenols is 1. The maximum atomic E-state index is 13.2. The zero-order valence-electron chi connectivity index (χ0n) is 11.4. The molecular formula is C14H23FN2O. The molecule has 0 fully saturated rings. The van der Waals surface area contributed by atoms with Crippen LogP contribution in [0, 0.1) is 11.2 Å². The highest BCUT2D eigenvalue weighted by Crippen LogP contribution is 2.20. The first kappa shape index (κ1) is 14.9. The summed E-state index contributed by atoms with van der Waals surface area (Å²) >= 11 is 0. The van der Waals surface area contributed by atoms with Crippen molar-refractivity contribution in [1.82, 2.24) is 4.90 Å². The maximum absolute atomic E-state index is 13.2. The molecule has 0 aromatic heterocycles. The van der Waals surface area contributed by atoms with Gasteiger partial charge in [0.25, 0.3) is 0 Å². The van der Waals surface area contributed by atoms with Gasteiger partial charge in [0.15, 0.2) is 11.6 Å². The number of nitrogens with zero attached hydrogens (tertiary/aromatic N) is 1. The Morgan fingerprint density at radius 3 is 2.56 bits per heavy atom. The van der Waals surface area contributed by atoms with E-state index >= 15 is 0 Å². The second-order valence-corrected chi connectivity index (χ2v) is 5.46. The van der Waals surface area contributed by atoms with Gasteiger partial charge in [0.2, 0.25) is 0 Å². The zero-order chi connectivity index (χ0) is 13.8. The second-order valence-electron chi connectivity index (χ2n) is 5.46. The van der Waals surface area contributed by atoms with Crippen molar-refractivity contribution in [2.45, 2.75) is 27.3 Å². The molecule has 0 bridgehead atoms. The molecule has 0 aliphatic rings. The Morgan fingerprint density at radius 2 is 2.06 bits per heavy atom. The van der Waals surface area contributed by atoms with E-state index in [9.17, 15) is 4.39 Å². The average Bonchev–Trinajstić information content (AvgIpc) is 2.33. The number of hydrogen-bond acceptors (Lipinski definition) is 3. The number of hydrogen-bond donors (Lipinski definition) is 2. The van der Waals surface area contributed by atoms with Crippen LogP contribution in [-0.2, 0) is 6.54 Å². The number of rotatable bonds is 6. The first-order valence-corrected chi connectivity index (χ1v) is 6.28.